The molecule has 3 heteroatoms. The molecule has 0 spiro atoms. The molecular weight excluding hydrogens is 240 g/mol. The Morgan fingerprint density at radius 1 is 1.16 bits per heavy atom. The van der Waals surface area contributed by atoms with Crippen molar-refractivity contribution < 1.29 is 14.3 Å². The van der Waals surface area contributed by atoms with Crippen molar-refractivity contribution in [1.29, 1.82) is 0 Å². The van der Waals surface area contributed by atoms with Crippen LogP contribution in [0.5, 0.6) is 0 Å². The van der Waals surface area contributed by atoms with Crippen LogP contribution in [0.1, 0.15) is 44.6 Å². The topological polar surface area (TPSA) is 43.4 Å². The molecule has 0 N–H and O–H groups in total. The Bertz CT molecular complexity index is 434. The van der Waals surface area contributed by atoms with E-state index in [-0.39, 0.29) is 18.2 Å². The fraction of sp³-hybridized carbons (Fsp3) is 0.500. The van der Waals surface area contributed by atoms with Crippen molar-refractivity contribution in [2.75, 3.05) is 0 Å². The van der Waals surface area contributed by atoms with E-state index in [2.05, 4.69) is 19.1 Å². The number of hydrogen-bond donors (Lipinski definition) is 0. The van der Waals surface area contributed by atoms with Gasteiger partial charge in [0.1, 0.15) is 17.8 Å². The lowest BCUT2D eigenvalue weighted by Crippen LogP contribution is -2.43. The second-order valence-corrected chi connectivity index (χ2v) is 5.28. The van der Waals surface area contributed by atoms with Gasteiger partial charge in [0, 0.05) is 6.42 Å². The highest BCUT2D eigenvalue weighted by Gasteiger charge is 2.40. The summed E-state index contributed by atoms with van der Waals surface area (Å²) in [5.74, 6) is -0.351. The first-order valence-electron chi connectivity index (χ1n) is 6.91. The SMILES string of the molecule is CCCC1(CCc2ccccc2)CC(=O)CC(=O)O1. The minimum absolute atomic E-state index is 0.0118. The van der Waals surface area contributed by atoms with Crippen molar-refractivity contribution in [3.63, 3.8) is 0 Å². The number of carbonyl (C=O) groups is 2. The fourth-order valence-corrected chi connectivity index (χ4v) is 2.77. The predicted octanol–water partition coefficient (Wildman–Crippen LogP) is 3.06. The van der Waals surface area contributed by atoms with Crippen LogP contribution in [0.15, 0.2) is 30.3 Å². The zero-order valence-corrected chi connectivity index (χ0v) is 11.4. The minimum atomic E-state index is -0.572. The molecule has 0 saturated carbocycles. The maximum Gasteiger partial charge on any atom is 0.313 e. The molecule has 102 valence electrons. The summed E-state index contributed by atoms with van der Waals surface area (Å²) >= 11 is 0. The van der Waals surface area contributed by atoms with E-state index in [1.54, 1.807) is 0 Å². The van der Waals surface area contributed by atoms with Gasteiger partial charge in [-0.2, -0.15) is 0 Å². The van der Waals surface area contributed by atoms with Crippen LogP contribution in [-0.4, -0.2) is 17.4 Å². The number of hydrogen-bond acceptors (Lipinski definition) is 3. The van der Waals surface area contributed by atoms with Gasteiger partial charge < -0.3 is 4.74 Å². The number of carbonyl (C=O) groups excluding carboxylic acids is 2. The van der Waals surface area contributed by atoms with E-state index in [0.717, 1.165) is 25.7 Å². The lowest BCUT2D eigenvalue weighted by molar-refractivity contribution is -0.172. The van der Waals surface area contributed by atoms with Gasteiger partial charge >= 0.3 is 5.97 Å². The Hall–Kier alpha value is -1.64. The van der Waals surface area contributed by atoms with E-state index >= 15 is 0 Å². The standard InChI is InChI=1S/C16H20O3/c1-2-9-16(12-14(17)11-15(18)19-16)10-8-13-6-4-3-5-7-13/h3-7H,2,8-12H2,1H3. The van der Waals surface area contributed by atoms with Crippen molar-refractivity contribution in [1.82, 2.24) is 0 Å². The molecule has 0 aliphatic carbocycles. The molecule has 1 atom stereocenters. The Labute approximate surface area is 114 Å². The van der Waals surface area contributed by atoms with Crippen molar-refractivity contribution in [2.45, 2.75) is 51.0 Å². The molecule has 1 heterocycles. The van der Waals surface area contributed by atoms with Gasteiger partial charge in [-0.15, -0.1) is 0 Å². The Morgan fingerprint density at radius 2 is 1.89 bits per heavy atom. The van der Waals surface area contributed by atoms with Crippen LogP contribution in [0, 0.1) is 0 Å². The van der Waals surface area contributed by atoms with E-state index in [1.807, 2.05) is 18.2 Å². The second-order valence-electron chi connectivity index (χ2n) is 5.28. The summed E-state index contributed by atoms with van der Waals surface area (Å²) in [4.78, 5) is 23.2. The number of ketones is 1. The smallest absolute Gasteiger partial charge is 0.313 e. The van der Waals surface area contributed by atoms with Gasteiger partial charge in [0.05, 0.1) is 0 Å². The Kier molecular flexibility index (Phi) is 4.35. The maximum atomic E-state index is 11.7. The summed E-state index contributed by atoms with van der Waals surface area (Å²) in [6, 6.07) is 10.1. The molecule has 1 aromatic carbocycles. The zero-order chi connectivity index (χ0) is 13.7. The van der Waals surface area contributed by atoms with Crippen LogP contribution in [0.4, 0.5) is 0 Å². The monoisotopic (exact) mass is 260 g/mol. The van der Waals surface area contributed by atoms with Gasteiger partial charge in [-0.3, -0.25) is 9.59 Å². The first-order chi connectivity index (χ1) is 9.13. The summed E-state index contributed by atoms with van der Waals surface area (Å²) in [5.41, 5.74) is 0.642. The molecular formula is C16H20O3. The van der Waals surface area contributed by atoms with Crippen LogP contribution in [-0.2, 0) is 20.7 Å². The van der Waals surface area contributed by atoms with Crippen LogP contribution >= 0.6 is 0 Å². The molecule has 0 bridgehead atoms. The van der Waals surface area contributed by atoms with E-state index in [1.165, 1.54) is 5.56 Å². The third kappa shape index (κ3) is 3.66. The van der Waals surface area contributed by atoms with Crippen LogP contribution in [0.2, 0.25) is 0 Å². The van der Waals surface area contributed by atoms with E-state index in [4.69, 9.17) is 4.74 Å². The number of cyclic esters (lactones) is 1. The van der Waals surface area contributed by atoms with Crippen molar-refractivity contribution in [3.8, 4) is 0 Å². The fourth-order valence-electron chi connectivity index (χ4n) is 2.77. The highest BCUT2D eigenvalue weighted by molar-refractivity contribution is 5.98. The van der Waals surface area contributed by atoms with E-state index in [9.17, 15) is 9.59 Å². The summed E-state index contributed by atoms with van der Waals surface area (Å²) in [7, 11) is 0. The molecule has 1 aliphatic rings. The lowest BCUT2D eigenvalue weighted by atomic mass is 9.83. The highest BCUT2D eigenvalue weighted by Crippen LogP contribution is 2.33. The molecule has 1 aromatic rings. The highest BCUT2D eigenvalue weighted by atomic mass is 16.6. The van der Waals surface area contributed by atoms with Gasteiger partial charge in [-0.25, -0.2) is 0 Å². The van der Waals surface area contributed by atoms with Crippen LogP contribution in [0.25, 0.3) is 0 Å². The predicted molar refractivity (Wildman–Crippen MR) is 72.7 cm³/mol. The number of rotatable bonds is 5. The van der Waals surface area contributed by atoms with Gasteiger partial charge in [0.2, 0.25) is 0 Å². The number of aryl methyl sites for hydroxylation is 1. The molecule has 1 fully saturated rings. The normalized spacial score (nSPS) is 23.2. The first-order valence-corrected chi connectivity index (χ1v) is 6.91. The van der Waals surface area contributed by atoms with Crippen molar-refractivity contribution in [2.24, 2.45) is 0 Å². The molecule has 0 amide bonds. The Morgan fingerprint density at radius 3 is 2.53 bits per heavy atom. The third-order valence-electron chi connectivity index (χ3n) is 3.61. The number of benzene rings is 1. The average molecular weight is 260 g/mol. The van der Waals surface area contributed by atoms with Gasteiger partial charge in [-0.05, 0) is 24.8 Å². The maximum absolute atomic E-state index is 11.7. The van der Waals surface area contributed by atoms with Crippen molar-refractivity contribution in [3.05, 3.63) is 35.9 Å². The average Bonchev–Trinajstić information content (AvgIpc) is 2.37. The van der Waals surface area contributed by atoms with Gasteiger partial charge in [0.25, 0.3) is 0 Å². The zero-order valence-electron chi connectivity index (χ0n) is 11.4. The minimum Gasteiger partial charge on any atom is -0.458 e. The second kappa shape index (κ2) is 6.00. The summed E-state index contributed by atoms with van der Waals surface area (Å²) in [6.45, 7) is 2.05. The number of Topliss-reactive ketones (excluding diaryl/α,β-unsaturated/α-hetero) is 1. The quantitative estimate of drug-likeness (QED) is 0.603. The summed E-state index contributed by atoms with van der Waals surface area (Å²) < 4.78 is 5.55. The Balaban J connectivity index is 2.06. The van der Waals surface area contributed by atoms with Crippen LogP contribution in [0.3, 0.4) is 0 Å². The molecule has 19 heavy (non-hydrogen) atoms. The van der Waals surface area contributed by atoms with Crippen LogP contribution < -0.4 is 0 Å². The summed E-state index contributed by atoms with van der Waals surface area (Å²) in [5, 5.41) is 0. The molecule has 1 unspecified atom stereocenters. The van der Waals surface area contributed by atoms with Crippen molar-refractivity contribution >= 4 is 11.8 Å². The molecule has 1 aliphatic heterocycles. The van der Waals surface area contributed by atoms with E-state index < -0.39 is 5.60 Å². The third-order valence-corrected chi connectivity index (χ3v) is 3.61. The molecule has 1 saturated heterocycles. The molecule has 3 nitrogen and oxygen atoms in total. The molecule has 2 rings (SSSR count). The number of ether oxygens (including phenoxy) is 1. The molecule has 0 radical (unpaired) electrons. The van der Waals surface area contributed by atoms with Gasteiger partial charge in [-0.1, -0.05) is 43.7 Å². The first kappa shape index (κ1) is 13.8. The van der Waals surface area contributed by atoms with E-state index in [0.29, 0.717) is 6.42 Å². The molecule has 0 aromatic heterocycles. The lowest BCUT2D eigenvalue weighted by Gasteiger charge is -2.36. The van der Waals surface area contributed by atoms with Gasteiger partial charge in [0.15, 0.2) is 0 Å². The summed E-state index contributed by atoms with van der Waals surface area (Å²) in [6.07, 6.45) is 3.55. The number of esters is 1. The largest absolute Gasteiger partial charge is 0.458 e.